The highest BCUT2D eigenvalue weighted by Gasteiger charge is 2.33. The molecule has 1 unspecified atom stereocenters. The van der Waals surface area contributed by atoms with Crippen molar-refractivity contribution in [3.63, 3.8) is 0 Å². The van der Waals surface area contributed by atoms with Crippen molar-refractivity contribution in [3.05, 3.63) is 0 Å². The summed E-state index contributed by atoms with van der Waals surface area (Å²) >= 11 is 0. The van der Waals surface area contributed by atoms with Crippen LogP contribution in [0.15, 0.2) is 4.99 Å². The first-order valence-electron chi connectivity index (χ1n) is 10.0. The van der Waals surface area contributed by atoms with E-state index in [2.05, 4.69) is 24.1 Å². The third-order valence-corrected chi connectivity index (χ3v) is 5.38. The van der Waals surface area contributed by atoms with E-state index < -0.39 is 0 Å². The molecule has 7 heteroatoms. The van der Waals surface area contributed by atoms with E-state index >= 15 is 0 Å². The molecular weight excluding hydrogens is 445 g/mol. The Hall–Kier alpha value is -0.120. The van der Waals surface area contributed by atoms with Crippen molar-refractivity contribution >= 4 is 29.9 Å². The molecule has 0 radical (unpaired) electrons. The van der Waals surface area contributed by atoms with Crippen LogP contribution in [0.2, 0.25) is 0 Å². The minimum absolute atomic E-state index is 0. The summed E-state index contributed by atoms with van der Waals surface area (Å²) in [6.07, 6.45) is 6.44. The van der Waals surface area contributed by atoms with E-state index in [4.69, 9.17) is 19.2 Å². The second-order valence-electron chi connectivity index (χ2n) is 7.98. The Kier molecular flexibility index (Phi) is 9.40. The summed E-state index contributed by atoms with van der Waals surface area (Å²) in [4.78, 5) is 7.24. The SMILES string of the molecule is CCNC(=NCC1(C)COC1)N1CCC(OCC2CCCCO2)CC1.I. The van der Waals surface area contributed by atoms with Crippen LogP contribution in [-0.2, 0) is 14.2 Å². The first-order valence-corrected chi connectivity index (χ1v) is 10.0. The minimum atomic E-state index is 0. The summed E-state index contributed by atoms with van der Waals surface area (Å²) in [5.74, 6) is 1.05. The third-order valence-electron chi connectivity index (χ3n) is 5.38. The van der Waals surface area contributed by atoms with E-state index in [1.54, 1.807) is 0 Å². The van der Waals surface area contributed by atoms with Crippen LogP contribution in [0.25, 0.3) is 0 Å². The van der Waals surface area contributed by atoms with Gasteiger partial charge in [0.15, 0.2) is 5.96 Å². The third kappa shape index (κ3) is 6.49. The Morgan fingerprint density at radius 3 is 2.58 bits per heavy atom. The van der Waals surface area contributed by atoms with Crippen LogP contribution >= 0.6 is 24.0 Å². The number of aliphatic imine (C=N–C) groups is 1. The van der Waals surface area contributed by atoms with Gasteiger partial charge in [0.05, 0.1) is 38.6 Å². The summed E-state index contributed by atoms with van der Waals surface area (Å²) < 4.78 is 17.2. The molecule has 0 aromatic heterocycles. The molecule has 1 atom stereocenters. The summed E-state index contributed by atoms with van der Waals surface area (Å²) in [6.45, 7) is 11.5. The zero-order chi connectivity index (χ0) is 17.5. The molecule has 3 heterocycles. The van der Waals surface area contributed by atoms with Crippen LogP contribution in [0.5, 0.6) is 0 Å². The van der Waals surface area contributed by atoms with Gasteiger partial charge in [0, 0.05) is 31.7 Å². The first kappa shape index (κ1) is 22.2. The molecule has 3 fully saturated rings. The number of hydrogen-bond acceptors (Lipinski definition) is 4. The summed E-state index contributed by atoms with van der Waals surface area (Å²) in [6, 6.07) is 0. The van der Waals surface area contributed by atoms with Gasteiger partial charge in [-0.25, -0.2) is 0 Å². The number of nitrogens with one attached hydrogen (secondary N) is 1. The fourth-order valence-corrected chi connectivity index (χ4v) is 3.65. The average molecular weight is 481 g/mol. The lowest BCUT2D eigenvalue weighted by Crippen LogP contribution is -2.49. The topological polar surface area (TPSA) is 55.3 Å². The highest BCUT2D eigenvalue weighted by atomic mass is 127. The number of guanidine groups is 1. The van der Waals surface area contributed by atoms with Crippen molar-refractivity contribution in [2.45, 2.75) is 58.2 Å². The lowest BCUT2D eigenvalue weighted by Gasteiger charge is -2.38. The van der Waals surface area contributed by atoms with Crippen molar-refractivity contribution < 1.29 is 14.2 Å². The second kappa shape index (κ2) is 11.0. The van der Waals surface area contributed by atoms with E-state index in [9.17, 15) is 0 Å². The summed E-state index contributed by atoms with van der Waals surface area (Å²) in [7, 11) is 0. The highest BCUT2D eigenvalue weighted by molar-refractivity contribution is 14.0. The fraction of sp³-hybridized carbons (Fsp3) is 0.947. The molecule has 0 bridgehead atoms. The molecule has 3 saturated heterocycles. The number of halogens is 1. The van der Waals surface area contributed by atoms with Crippen LogP contribution in [0.1, 0.15) is 46.0 Å². The van der Waals surface area contributed by atoms with Crippen LogP contribution in [0, 0.1) is 5.41 Å². The predicted molar refractivity (Wildman–Crippen MR) is 114 cm³/mol. The van der Waals surface area contributed by atoms with Gasteiger partial charge in [0.1, 0.15) is 0 Å². The van der Waals surface area contributed by atoms with Gasteiger partial charge in [0.2, 0.25) is 0 Å². The van der Waals surface area contributed by atoms with Crippen LogP contribution in [0.4, 0.5) is 0 Å². The molecule has 0 saturated carbocycles. The quantitative estimate of drug-likeness (QED) is 0.359. The maximum atomic E-state index is 6.12. The standard InChI is InChI=1S/C19H35N3O3.HI/c1-3-20-18(21-13-19(2)14-23-15-19)22-9-7-16(8-10-22)25-12-17-6-4-5-11-24-17;/h16-17H,3-15H2,1-2H3,(H,20,21);1H. The molecule has 0 aromatic carbocycles. The van der Waals surface area contributed by atoms with Gasteiger partial charge < -0.3 is 24.4 Å². The van der Waals surface area contributed by atoms with E-state index in [1.807, 2.05) is 0 Å². The number of ether oxygens (including phenoxy) is 3. The van der Waals surface area contributed by atoms with Gasteiger partial charge in [0.25, 0.3) is 0 Å². The molecule has 0 amide bonds. The lowest BCUT2D eigenvalue weighted by molar-refractivity contribution is -0.0946. The summed E-state index contributed by atoms with van der Waals surface area (Å²) in [5.41, 5.74) is 0.224. The smallest absolute Gasteiger partial charge is 0.193 e. The molecule has 3 aliphatic heterocycles. The van der Waals surface area contributed by atoms with Crippen LogP contribution in [0.3, 0.4) is 0 Å². The van der Waals surface area contributed by atoms with E-state index in [1.165, 1.54) is 12.8 Å². The monoisotopic (exact) mass is 481 g/mol. The molecule has 6 nitrogen and oxygen atoms in total. The molecular formula is C19H36IN3O3. The zero-order valence-electron chi connectivity index (χ0n) is 16.4. The highest BCUT2D eigenvalue weighted by Crippen LogP contribution is 2.26. The van der Waals surface area contributed by atoms with Gasteiger partial charge in [-0.1, -0.05) is 6.92 Å². The Balaban J connectivity index is 0.00000243. The number of hydrogen-bond donors (Lipinski definition) is 1. The maximum Gasteiger partial charge on any atom is 0.193 e. The first-order chi connectivity index (χ1) is 12.2. The Bertz CT molecular complexity index is 432. The molecule has 3 rings (SSSR count). The normalized spacial score (nSPS) is 26.8. The Morgan fingerprint density at radius 2 is 2.00 bits per heavy atom. The fourth-order valence-electron chi connectivity index (χ4n) is 3.65. The number of likely N-dealkylation sites (tertiary alicyclic amines) is 1. The molecule has 1 N–H and O–H groups in total. The second-order valence-corrected chi connectivity index (χ2v) is 7.98. The lowest BCUT2D eigenvalue weighted by atomic mass is 9.89. The number of rotatable bonds is 6. The maximum absolute atomic E-state index is 6.12. The van der Waals surface area contributed by atoms with E-state index in [0.29, 0.717) is 12.2 Å². The van der Waals surface area contributed by atoms with Crippen molar-refractivity contribution in [1.82, 2.24) is 10.2 Å². The van der Waals surface area contributed by atoms with Crippen molar-refractivity contribution in [2.24, 2.45) is 10.4 Å². The van der Waals surface area contributed by atoms with Crippen LogP contribution in [-0.4, -0.2) is 75.7 Å². The van der Waals surface area contributed by atoms with Crippen LogP contribution < -0.4 is 5.32 Å². The average Bonchev–Trinajstić information content (AvgIpc) is 2.63. The largest absolute Gasteiger partial charge is 0.380 e. The molecule has 0 aliphatic carbocycles. The van der Waals surface area contributed by atoms with Gasteiger partial charge >= 0.3 is 0 Å². The molecule has 0 spiro atoms. The van der Waals surface area contributed by atoms with Gasteiger partial charge in [-0.15, -0.1) is 24.0 Å². The van der Waals surface area contributed by atoms with Crippen molar-refractivity contribution in [3.8, 4) is 0 Å². The van der Waals surface area contributed by atoms with E-state index in [0.717, 1.165) is 77.8 Å². The Labute approximate surface area is 175 Å². The Morgan fingerprint density at radius 1 is 1.23 bits per heavy atom. The van der Waals surface area contributed by atoms with Crippen molar-refractivity contribution in [1.29, 1.82) is 0 Å². The predicted octanol–water partition coefficient (Wildman–Crippen LogP) is 2.66. The molecule has 26 heavy (non-hydrogen) atoms. The minimum Gasteiger partial charge on any atom is -0.380 e. The molecule has 0 aromatic rings. The summed E-state index contributed by atoms with van der Waals surface area (Å²) in [5, 5.41) is 3.45. The van der Waals surface area contributed by atoms with Gasteiger partial charge in [-0.3, -0.25) is 4.99 Å². The van der Waals surface area contributed by atoms with Crippen molar-refractivity contribution in [2.75, 3.05) is 52.6 Å². The zero-order valence-corrected chi connectivity index (χ0v) is 18.7. The number of piperidine rings is 1. The van der Waals surface area contributed by atoms with Gasteiger partial charge in [-0.2, -0.15) is 0 Å². The van der Waals surface area contributed by atoms with E-state index in [-0.39, 0.29) is 29.4 Å². The van der Waals surface area contributed by atoms with Gasteiger partial charge in [-0.05, 0) is 39.0 Å². The number of nitrogens with zero attached hydrogens (tertiary/aromatic N) is 2. The molecule has 3 aliphatic rings. The molecule has 152 valence electrons.